The molecule has 94 valence electrons. The van der Waals surface area contributed by atoms with Gasteiger partial charge in [-0.3, -0.25) is 4.79 Å². The van der Waals surface area contributed by atoms with Crippen LogP contribution >= 0.6 is 0 Å². The van der Waals surface area contributed by atoms with E-state index in [1.807, 2.05) is 6.92 Å². The Morgan fingerprint density at radius 1 is 1.31 bits per heavy atom. The van der Waals surface area contributed by atoms with Crippen LogP contribution in [0.1, 0.15) is 46.5 Å². The third-order valence-electron chi connectivity index (χ3n) is 3.59. The number of hydrogen-bond donors (Lipinski definition) is 2. The van der Waals surface area contributed by atoms with E-state index in [0.29, 0.717) is 12.5 Å². The van der Waals surface area contributed by atoms with Crippen molar-refractivity contribution in [2.24, 2.45) is 11.8 Å². The Morgan fingerprint density at radius 3 is 2.75 bits per heavy atom. The first kappa shape index (κ1) is 13.5. The minimum absolute atomic E-state index is 0.159. The van der Waals surface area contributed by atoms with Crippen LogP contribution in [0.5, 0.6) is 0 Å². The molecule has 0 bridgehead atoms. The van der Waals surface area contributed by atoms with Gasteiger partial charge in [0.25, 0.3) is 0 Å². The van der Waals surface area contributed by atoms with Gasteiger partial charge in [-0.15, -0.1) is 0 Å². The van der Waals surface area contributed by atoms with E-state index in [1.54, 1.807) is 0 Å². The lowest BCUT2D eigenvalue weighted by Crippen LogP contribution is -2.41. The van der Waals surface area contributed by atoms with E-state index < -0.39 is 0 Å². The molecule has 3 atom stereocenters. The quantitative estimate of drug-likeness (QED) is 0.752. The van der Waals surface area contributed by atoms with Gasteiger partial charge in [0.05, 0.1) is 0 Å². The molecule has 3 nitrogen and oxygen atoms in total. The molecule has 0 saturated heterocycles. The molecule has 1 amide bonds. The molecule has 3 unspecified atom stereocenters. The zero-order valence-electron chi connectivity index (χ0n) is 10.9. The molecule has 0 radical (unpaired) electrons. The summed E-state index contributed by atoms with van der Waals surface area (Å²) in [6.45, 7) is 8.14. The zero-order valence-corrected chi connectivity index (χ0v) is 10.9. The summed E-state index contributed by atoms with van der Waals surface area (Å²) in [5, 5.41) is 6.35. The monoisotopic (exact) mass is 226 g/mol. The standard InChI is InChI=1S/C13H26N2O/c1-4-14-13(16)7-8-15-12-9-10(2)5-6-11(12)3/h10-12,15H,4-9H2,1-3H3,(H,14,16). The van der Waals surface area contributed by atoms with E-state index in [-0.39, 0.29) is 5.91 Å². The second-order valence-corrected chi connectivity index (χ2v) is 5.16. The maximum Gasteiger partial charge on any atom is 0.221 e. The Kier molecular flexibility index (Phi) is 5.81. The topological polar surface area (TPSA) is 41.1 Å². The molecule has 1 saturated carbocycles. The molecule has 0 heterocycles. The van der Waals surface area contributed by atoms with Crippen LogP contribution in [0.15, 0.2) is 0 Å². The van der Waals surface area contributed by atoms with E-state index in [0.717, 1.165) is 24.9 Å². The van der Waals surface area contributed by atoms with Gasteiger partial charge in [0, 0.05) is 25.6 Å². The summed E-state index contributed by atoms with van der Waals surface area (Å²) in [6.07, 6.45) is 4.54. The Morgan fingerprint density at radius 2 is 2.06 bits per heavy atom. The van der Waals surface area contributed by atoms with Crippen LogP contribution in [-0.2, 0) is 4.79 Å². The molecule has 16 heavy (non-hydrogen) atoms. The summed E-state index contributed by atoms with van der Waals surface area (Å²) < 4.78 is 0. The van der Waals surface area contributed by atoms with E-state index in [9.17, 15) is 4.79 Å². The fraction of sp³-hybridized carbons (Fsp3) is 0.923. The molecule has 0 aromatic rings. The van der Waals surface area contributed by atoms with E-state index in [4.69, 9.17) is 0 Å². The lowest BCUT2D eigenvalue weighted by Gasteiger charge is -2.33. The molecule has 0 aromatic carbocycles. The van der Waals surface area contributed by atoms with Crippen LogP contribution in [0.25, 0.3) is 0 Å². The normalized spacial score (nSPS) is 30.1. The number of nitrogens with one attached hydrogen (secondary N) is 2. The first-order chi connectivity index (χ1) is 7.63. The molecule has 1 fully saturated rings. The summed E-state index contributed by atoms with van der Waals surface area (Å²) in [4.78, 5) is 11.3. The van der Waals surface area contributed by atoms with Gasteiger partial charge in [0.1, 0.15) is 0 Å². The number of rotatable bonds is 5. The van der Waals surface area contributed by atoms with Crippen LogP contribution in [0, 0.1) is 11.8 Å². The molecule has 0 aromatic heterocycles. The lowest BCUT2D eigenvalue weighted by molar-refractivity contribution is -0.120. The zero-order chi connectivity index (χ0) is 12.0. The predicted molar refractivity (Wildman–Crippen MR) is 67.3 cm³/mol. The molecule has 1 rings (SSSR count). The van der Waals surface area contributed by atoms with Gasteiger partial charge in [-0.1, -0.05) is 20.3 Å². The lowest BCUT2D eigenvalue weighted by atomic mass is 9.80. The maximum absolute atomic E-state index is 11.3. The van der Waals surface area contributed by atoms with Crippen molar-refractivity contribution < 1.29 is 4.79 Å². The summed E-state index contributed by atoms with van der Waals surface area (Å²) in [5.41, 5.74) is 0. The van der Waals surface area contributed by atoms with Crippen molar-refractivity contribution in [2.45, 2.75) is 52.5 Å². The van der Waals surface area contributed by atoms with Gasteiger partial charge in [-0.25, -0.2) is 0 Å². The molecule has 2 N–H and O–H groups in total. The minimum atomic E-state index is 0.159. The highest BCUT2D eigenvalue weighted by Crippen LogP contribution is 2.28. The number of hydrogen-bond acceptors (Lipinski definition) is 2. The highest BCUT2D eigenvalue weighted by molar-refractivity contribution is 5.75. The SMILES string of the molecule is CCNC(=O)CCNC1CC(C)CCC1C. The van der Waals surface area contributed by atoms with Crippen LogP contribution < -0.4 is 10.6 Å². The highest BCUT2D eigenvalue weighted by atomic mass is 16.1. The van der Waals surface area contributed by atoms with Crippen molar-refractivity contribution in [3.8, 4) is 0 Å². The van der Waals surface area contributed by atoms with E-state index in [1.165, 1.54) is 19.3 Å². The Hall–Kier alpha value is -0.570. The van der Waals surface area contributed by atoms with Crippen molar-refractivity contribution in [3.05, 3.63) is 0 Å². The van der Waals surface area contributed by atoms with Gasteiger partial charge in [-0.05, 0) is 31.6 Å². The van der Waals surface area contributed by atoms with Crippen LogP contribution in [0.2, 0.25) is 0 Å². The smallest absolute Gasteiger partial charge is 0.221 e. The van der Waals surface area contributed by atoms with Gasteiger partial charge in [0.2, 0.25) is 5.91 Å². The predicted octanol–water partition coefficient (Wildman–Crippen LogP) is 1.93. The molecule has 0 aliphatic heterocycles. The third kappa shape index (κ3) is 4.52. The minimum Gasteiger partial charge on any atom is -0.356 e. The molecule has 3 heteroatoms. The van der Waals surface area contributed by atoms with E-state index in [2.05, 4.69) is 24.5 Å². The summed E-state index contributed by atoms with van der Waals surface area (Å²) in [6, 6.07) is 0.609. The van der Waals surface area contributed by atoms with Gasteiger partial charge < -0.3 is 10.6 Å². The summed E-state index contributed by atoms with van der Waals surface area (Å²) in [7, 11) is 0. The second-order valence-electron chi connectivity index (χ2n) is 5.16. The third-order valence-corrected chi connectivity index (χ3v) is 3.59. The van der Waals surface area contributed by atoms with Crippen molar-refractivity contribution in [3.63, 3.8) is 0 Å². The van der Waals surface area contributed by atoms with Gasteiger partial charge in [-0.2, -0.15) is 0 Å². The molecule has 1 aliphatic carbocycles. The van der Waals surface area contributed by atoms with Crippen LogP contribution in [-0.4, -0.2) is 25.0 Å². The molecule has 1 aliphatic rings. The average molecular weight is 226 g/mol. The highest BCUT2D eigenvalue weighted by Gasteiger charge is 2.24. The average Bonchev–Trinajstić information content (AvgIpc) is 2.23. The molecule has 0 spiro atoms. The Labute approximate surface area is 99.4 Å². The summed E-state index contributed by atoms with van der Waals surface area (Å²) >= 11 is 0. The Balaban J connectivity index is 2.18. The molecular formula is C13H26N2O. The number of carbonyl (C=O) groups is 1. The van der Waals surface area contributed by atoms with Crippen molar-refractivity contribution >= 4 is 5.91 Å². The molecular weight excluding hydrogens is 200 g/mol. The number of amides is 1. The van der Waals surface area contributed by atoms with Crippen molar-refractivity contribution in [1.29, 1.82) is 0 Å². The first-order valence-corrected chi connectivity index (χ1v) is 6.63. The van der Waals surface area contributed by atoms with Crippen LogP contribution in [0.4, 0.5) is 0 Å². The van der Waals surface area contributed by atoms with Gasteiger partial charge in [0.15, 0.2) is 0 Å². The largest absolute Gasteiger partial charge is 0.356 e. The van der Waals surface area contributed by atoms with E-state index >= 15 is 0 Å². The number of carbonyl (C=O) groups excluding carboxylic acids is 1. The van der Waals surface area contributed by atoms with Gasteiger partial charge >= 0.3 is 0 Å². The van der Waals surface area contributed by atoms with Crippen LogP contribution in [0.3, 0.4) is 0 Å². The maximum atomic E-state index is 11.3. The van der Waals surface area contributed by atoms with Crippen molar-refractivity contribution in [1.82, 2.24) is 10.6 Å². The Bertz CT molecular complexity index is 218. The fourth-order valence-electron chi connectivity index (χ4n) is 2.47. The summed E-state index contributed by atoms with van der Waals surface area (Å²) in [5.74, 6) is 1.75. The fourth-order valence-corrected chi connectivity index (χ4v) is 2.47. The second kappa shape index (κ2) is 6.89. The first-order valence-electron chi connectivity index (χ1n) is 6.63. The van der Waals surface area contributed by atoms with Crippen molar-refractivity contribution in [2.75, 3.05) is 13.1 Å².